The molecular formula is C55H62BrF6N3O11S5. The van der Waals surface area contributed by atoms with Crippen LogP contribution in [0.5, 0.6) is 0 Å². The number of likely N-dealkylation sites (N-methyl/N-ethyl adjacent to an activating group) is 2. The number of Topliss-reactive ketones (excluding diaryl/α,β-unsaturated/α-hetero) is 1. The molecule has 14 nitrogen and oxygen atoms in total. The molecular weight excluding hydrogens is 1230 g/mol. The number of quaternary nitrogens is 3. The van der Waals surface area contributed by atoms with Gasteiger partial charge >= 0.3 is 24.3 Å². The summed E-state index contributed by atoms with van der Waals surface area (Å²) in [7, 11) is 4.34. The number of benzene rings is 1. The molecule has 9 rings (SSSR count). The van der Waals surface area contributed by atoms with Gasteiger partial charge in [0.15, 0.2) is 18.0 Å². The van der Waals surface area contributed by atoms with Crippen LogP contribution < -0.4 is 32.5 Å². The number of esters is 2. The van der Waals surface area contributed by atoms with Crippen LogP contribution in [0.4, 0.5) is 26.3 Å². The number of nitrogens with two attached hydrogens (primary N) is 1. The van der Waals surface area contributed by atoms with Crippen molar-refractivity contribution < 1.29 is 111 Å². The van der Waals surface area contributed by atoms with E-state index in [2.05, 4.69) is 43.7 Å². The number of rotatable bonds is 16. The predicted octanol–water partition coefficient (Wildman–Crippen LogP) is 4.00. The molecule has 0 saturated carbocycles. The molecule has 442 valence electrons. The fraction of sp³-hybridized carbons (Fsp3) is 0.400. The van der Waals surface area contributed by atoms with Crippen LogP contribution in [0, 0.1) is 0 Å². The molecule has 1 aromatic carbocycles. The van der Waals surface area contributed by atoms with E-state index in [1.54, 1.807) is 24.3 Å². The quantitative estimate of drug-likeness (QED) is 0.0547. The highest BCUT2D eigenvalue weighted by molar-refractivity contribution is 7.13. The topological polar surface area (TPSA) is 207 Å². The Balaban J connectivity index is 0.000000261. The molecule has 5 aromatic heterocycles. The number of ketones is 1. The molecule has 4 N–H and O–H groups in total. The van der Waals surface area contributed by atoms with E-state index in [1.807, 2.05) is 81.5 Å². The molecule has 8 heterocycles. The number of carboxylic acids is 2. The molecule has 3 aliphatic rings. The molecule has 3 fully saturated rings. The number of carbonyl (C=O) groups excluding carboxylic acids is 5. The lowest BCUT2D eigenvalue weighted by atomic mass is 10.00. The molecule has 6 aromatic rings. The maximum Gasteiger partial charge on any atom is 0.430 e. The largest absolute Gasteiger partial charge is 1.00 e. The van der Waals surface area contributed by atoms with Gasteiger partial charge in [0.25, 0.3) is 0 Å². The lowest BCUT2D eigenvalue weighted by Gasteiger charge is -2.30. The molecule has 26 heteroatoms. The average Bonchev–Trinajstić information content (AvgIpc) is 4.33. The van der Waals surface area contributed by atoms with Crippen molar-refractivity contribution in [1.82, 2.24) is 0 Å². The van der Waals surface area contributed by atoms with Crippen LogP contribution in [0.15, 0.2) is 124 Å². The summed E-state index contributed by atoms with van der Waals surface area (Å²) < 4.78 is 76.4. The van der Waals surface area contributed by atoms with Crippen molar-refractivity contribution in [3.05, 3.63) is 154 Å². The van der Waals surface area contributed by atoms with Crippen LogP contribution in [0.25, 0.3) is 6.08 Å². The second-order valence-corrected chi connectivity index (χ2v) is 24.1. The summed E-state index contributed by atoms with van der Waals surface area (Å²) in [5, 5.41) is 52.1. The Hall–Kier alpha value is -5.13. The highest BCUT2D eigenvalue weighted by Gasteiger charge is 2.48. The van der Waals surface area contributed by atoms with Crippen LogP contribution in [0.1, 0.15) is 73.3 Å². The first kappa shape index (κ1) is 68.4. The van der Waals surface area contributed by atoms with Crippen molar-refractivity contribution in [2.24, 2.45) is 0 Å². The van der Waals surface area contributed by atoms with E-state index < -0.39 is 47.4 Å². The van der Waals surface area contributed by atoms with Gasteiger partial charge in [-0.1, -0.05) is 66.7 Å². The van der Waals surface area contributed by atoms with Crippen molar-refractivity contribution in [1.29, 1.82) is 0 Å². The summed E-state index contributed by atoms with van der Waals surface area (Å²) in [6, 6.07) is 28.5. The van der Waals surface area contributed by atoms with Gasteiger partial charge < -0.3 is 70.8 Å². The van der Waals surface area contributed by atoms with E-state index in [9.17, 15) is 50.9 Å². The maximum absolute atomic E-state index is 13.2. The minimum Gasteiger partial charge on any atom is -1.00 e. The molecule has 0 radical (unpaired) electrons. The SMILES string of the molecule is C1CC[NH2+]C1.C[N+]1(CC=Cc2ccccc2)CCC(OC(=O)C(O)(c2cccs2)c2cccs2)C1.C[N+]1(CCCC(=O)c2cccs2)CCC(OC(=O)C(O)(c2cccs2)c2cccs2)C1.O=C([O-])C(F)(F)F.O=C([O-])C(F)(F)F.[Br-]. The number of likely N-dealkylation sites (tertiary alicyclic amines) is 2. The zero-order valence-electron chi connectivity index (χ0n) is 44.0. The zero-order chi connectivity index (χ0) is 58.6. The summed E-state index contributed by atoms with van der Waals surface area (Å²) in [6.07, 6.45) is -0.714. The Morgan fingerprint density at radius 2 is 1.01 bits per heavy atom. The summed E-state index contributed by atoms with van der Waals surface area (Å²) >= 11 is 6.91. The number of thiophene rings is 5. The van der Waals surface area contributed by atoms with Gasteiger partial charge in [0.05, 0.1) is 77.7 Å². The third-order valence-corrected chi connectivity index (χ3v) is 17.8. The molecule has 0 spiro atoms. The molecule has 3 aliphatic heterocycles. The van der Waals surface area contributed by atoms with E-state index in [0.717, 1.165) is 65.8 Å². The summed E-state index contributed by atoms with van der Waals surface area (Å²) in [5.41, 5.74) is -2.31. The summed E-state index contributed by atoms with van der Waals surface area (Å²) in [4.78, 5) is 59.3. The molecule has 81 heavy (non-hydrogen) atoms. The Bertz CT molecular complexity index is 2750. The van der Waals surface area contributed by atoms with Crippen molar-refractivity contribution >= 4 is 92.4 Å². The van der Waals surface area contributed by atoms with Crippen LogP contribution in [-0.2, 0) is 39.9 Å². The number of halogens is 7. The van der Waals surface area contributed by atoms with E-state index in [0.29, 0.717) is 32.5 Å². The lowest BCUT2D eigenvalue weighted by Crippen LogP contribution is -3.00. The van der Waals surface area contributed by atoms with Crippen LogP contribution >= 0.6 is 56.7 Å². The van der Waals surface area contributed by atoms with Gasteiger partial charge in [0, 0.05) is 38.5 Å². The van der Waals surface area contributed by atoms with Crippen LogP contribution in [0.3, 0.4) is 0 Å². The summed E-state index contributed by atoms with van der Waals surface area (Å²) in [5.74, 6) is -7.00. The second-order valence-electron chi connectivity index (χ2n) is 19.4. The van der Waals surface area contributed by atoms with Gasteiger partial charge in [-0.2, -0.15) is 26.3 Å². The Kier molecular flexibility index (Phi) is 26.6. The number of alkyl halides is 6. The van der Waals surface area contributed by atoms with E-state index >= 15 is 0 Å². The monoisotopic (exact) mass is 1290 g/mol. The lowest BCUT2D eigenvalue weighted by molar-refractivity contribution is -0.899. The van der Waals surface area contributed by atoms with Gasteiger partial charge in [-0.05, 0) is 68.9 Å². The second kappa shape index (κ2) is 31.5. The molecule has 0 amide bonds. The van der Waals surface area contributed by atoms with Gasteiger partial charge in [0.2, 0.25) is 11.2 Å². The average molecular weight is 1300 g/mol. The highest BCUT2D eigenvalue weighted by atomic mass is 79.9. The number of carbonyl (C=O) groups is 5. The molecule has 3 saturated heterocycles. The first-order valence-electron chi connectivity index (χ1n) is 25.2. The fourth-order valence-corrected chi connectivity index (χ4v) is 12.9. The summed E-state index contributed by atoms with van der Waals surface area (Å²) in [6.45, 7) is 7.77. The highest BCUT2D eigenvalue weighted by Crippen LogP contribution is 2.39. The first-order chi connectivity index (χ1) is 37.8. The standard InChI is InChI=1S/C24H26NO3S2.C23H26NO4S3.C4H9N.2C2HF3O2.BrH/c1-25(14-5-10-19-8-3-2-4-9-19)15-13-20(18-25)28-23(26)24(27,21-11-6-16-29-21)22-12-7-17-30-22;1-24(11-2-6-18(25)19-7-3-13-29-19)12-10-17(16-24)28-22(26)23(27,20-8-4-14-30-20)21-9-5-15-31-21;1-2-4-5-3-1;2*3-2(4,5)1(6)7;/h2-12,16-17,20,27H,13-15,18H2,1H3;3-5,7-9,13-15,17,27H,2,6,10-12,16H2,1H3;5H,1-4H2;2*(H,6,7);1H/q2*+1;;;;/p-2. The third kappa shape index (κ3) is 20.6. The third-order valence-electron chi connectivity index (χ3n) is 13.0. The number of ether oxygens (including phenoxy) is 2. The number of aliphatic carboxylic acids is 2. The van der Waals surface area contributed by atoms with Crippen molar-refractivity contribution in [2.75, 3.05) is 66.5 Å². The minimum atomic E-state index is -5.19. The van der Waals surface area contributed by atoms with Crippen molar-refractivity contribution in [3.63, 3.8) is 0 Å². The number of nitrogens with zero attached hydrogens (tertiary/aromatic N) is 2. The van der Waals surface area contributed by atoms with Crippen molar-refractivity contribution in [3.8, 4) is 0 Å². The number of carboxylic acid groups (broad SMARTS) is 2. The molecule has 0 aliphatic carbocycles. The van der Waals surface area contributed by atoms with Crippen LogP contribution in [0.2, 0.25) is 0 Å². The van der Waals surface area contributed by atoms with E-state index in [1.165, 1.54) is 88.2 Å². The minimum absolute atomic E-state index is 0. The fourth-order valence-electron chi connectivity index (χ4n) is 8.79. The smallest absolute Gasteiger partial charge is 0.430 e. The Morgan fingerprint density at radius 1 is 0.617 bits per heavy atom. The molecule has 4 unspecified atom stereocenters. The molecule has 0 bridgehead atoms. The first-order valence-corrected chi connectivity index (χ1v) is 29.5. The van der Waals surface area contributed by atoms with Gasteiger partial charge in [0.1, 0.15) is 25.0 Å². The zero-order valence-corrected chi connectivity index (χ0v) is 49.7. The maximum atomic E-state index is 13.2. The predicted molar refractivity (Wildman–Crippen MR) is 290 cm³/mol. The van der Waals surface area contributed by atoms with Crippen molar-refractivity contribution in [2.45, 2.75) is 74.3 Å². The van der Waals surface area contributed by atoms with Crippen LogP contribution in [-0.4, -0.2) is 140 Å². The number of hydrogen-bond donors (Lipinski definition) is 3. The van der Waals surface area contributed by atoms with Gasteiger partial charge in [-0.25, -0.2) is 9.59 Å². The number of aliphatic hydroxyl groups is 2. The Labute approximate surface area is 495 Å². The Morgan fingerprint density at radius 3 is 1.37 bits per heavy atom. The normalized spacial score (nSPS) is 19.7. The molecule has 4 atom stereocenters. The number of hydrogen-bond acceptors (Lipinski definition) is 16. The van der Waals surface area contributed by atoms with E-state index in [4.69, 9.17) is 29.3 Å². The van der Waals surface area contributed by atoms with E-state index in [-0.39, 0.29) is 35.0 Å². The van der Waals surface area contributed by atoms with Gasteiger partial charge in [-0.15, -0.1) is 56.7 Å². The van der Waals surface area contributed by atoms with Gasteiger partial charge in [-0.3, -0.25) is 4.79 Å².